The van der Waals surface area contributed by atoms with Crippen molar-refractivity contribution in [3.05, 3.63) is 0 Å². The van der Waals surface area contributed by atoms with Crippen LogP contribution in [0.25, 0.3) is 0 Å². The first-order valence-corrected chi connectivity index (χ1v) is 10.6. The van der Waals surface area contributed by atoms with Crippen LogP contribution < -0.4 is 0 Å². The Morgan fingerprint density at radius 3 is 2.39 bits per heavy atom. The van der Waals surface area contributed by atoms with Crippen LogP contribution >= 0.6 is 0 Å². The minimum Gasteiger partial charge on any atom is -0.481 e. The Morgan fingerprint density at radius 2 is 2.00 bits per heavy atom. The largest absolute Gasteiger partial charge is 0.481 e. The maximum atomic E-state index is 11.5. The lowest BCUT2D eigenvalue weighted by Crippen LogP contribution is -2.52. The molecule has 4 heteroatoms. The van der Waals surface area contributed by atoms with Gasteiger partial charge in [-0.2, -0.15) is 0 Å². The number of carbonyl (C=O) groups is 1. The molecule has 104 valence electrons. The molecular formula is C14H27NO2Si. The summed E-state index contributed by atoms with van der Waals surface area (Å²) in [4.78, 5) is 11.5. The van der Waals surface area contributed by atoms with Crippen molar-refractivity contribution in [2.75, 3.05) is 6.54 Å². The van der Waals surface area contributed by atoms with Crippen LogP contribution in [-0.2, 0) is 4.79 Å². The summed E-state index contributed by atoms with van der Waals surface area (Å²) in [5.41, 5.74) is -0.415. The fourth-order valence-electron chi connectivity index (χ4n) is 3.99. The second kappa shape index (κ2) is 4.97. The Balaban J connectivity index is 2.00. The monoisotopic (exact) mass is 269 g/mol. The van der Waals surface area contributed by atoms with E-state index in [1.165, 1.54) is 19.0 Å². The Kier molecular flexibility index (Phi) is 3.88. The molecule has 0 bridgehead atoms. The van der Waals surface area contributed by atoms with Gasteiger partial charge in [-0.15, -0.1) is 0 Å². The zero-order valence-corrected chi connectivity index (χ0v) is 13.0. The first kappa shape index (κ1) is 14.1. The summed E-state index contributed by atoms with van der Waals surface area (Å²) in [6.45, 7) is 8.23. The molecule has 2 aliphatic rings. The summed E-state index contributed by atoms with van der Waals surface area (Å²) in [6, 6.07) is 2.09. The lowest BCUT2D eigenvalue weighted by atomic mass is 9.71. The third-order valence-corrected chi connectivity index (χ3v) is 9.17. The van der Waals surface area contributed by atoms with Gasteiger partial charge in [-0.3, -0.25) is 4.79 Å². The molecule has 0 unspecified atom stereocenters. The number of hydrogen-bond acceptors (Lipinski definition) is 2. The van der Waals surface area contributed by atoms with Crippen molar-refractivity contribution in [1.82, 2.24) is 4.57 Å². The van der Waals surface area contributed by atoms with Crippen molar-refractivity contribution in [1.29, 1.82) is 0 Å². The highest BCUT2D eigenvalue weighted by molar-refractivity contribution is 6.75. The van der Waals surface area contributed by atoms with Crippen molar-refractivity contribution >= 4 is 14.2 Å². The van der Waals surface area contributed by atoms with Gasteiger partial charge in [-0.1, -0.05) is 20.0 Å². The predicted octanol–water partition coefficient (Wildman–Crippen LogP) is 3.32. The second-order valence-electron chi connectivity index (χ2n) is 6.78. The molecule has 0 aromatic carbocycles. The highest BCUT2D eigenvalue weighted by Crippen LogP contribution is 2.43. The van der Waals surface area contributed by atoms with Gasteiger partial charge in [0.2, 0.25) is 0 Å². The molecule has 18 heavy (non-hydrogen) atoms. The third kappa shape index (κ3) is 2.37. The van der Waals surface area contributed by atoms with Gasteiger partial charge in [0.15, 0.2) is 0 Å². The number of aliphatic carboxylic acids is 1. The zero-order chi connectivity index (χ0) is 13.4. The van der Waals surface area contributed by atoms with Crippen LogP contribution in [0.2, 0.25) is 19.1 Å². The van der Waals surface area contributed by atoms with E-state index in [1.807, 2.05) is 6.92 Å². The summed E-state index contributed by atoms with van der Waals surface area (Å²) in [7, 11) is -1.15. The molecule has 0 atom stereocenters. The van der Waals surface area contributed by atoms with Gasteiger partial charge in [-0.05, 0) is 51.1 Å². The van der Waals surface area contributed by atoms with Gasteiger partial charge in [0.05, 0.1) is 5.41 Å². The molecule has 1 N–H and O–H groups in total. The minimum atomic E-state index is -1.15. The van der Waals surface area contributed by atoms with Gasteiger partial charge in [0.1, 0.15) is 8.24 Å². The lowest BCUT2D eigenvalue weighted by molar-refractivity contribution is -0.151. The third-order valence-electron chi connectivity index (χ3n) is 5.45. The van der Waals surface area contributed by atoms with E-state index in [0.717, 1.165) is 32.1 Å². The van der Waals surface area contributed by atoms with E-state index in [2.05, 4.69) is 17.7 Å². The lowest BCUT2D eigenvalue weighted by Gasteiger charge is -2.44. The molecule has 1 heterocycles. The van der Waals surface area contributed by atoms with Gasteiger partial charge < -0.3 is 9.67 Å². The van der Waals surface area contributed by atoms with Gasteiger partial charge in [0, 0.05) is 6.04 Å². The fourth-order valence-corrected chi connectivity index (χ4v) is 7.31. The summed E-state index contributed by atoms with van der Waals surface area (Å²) in [5.74, 6) is -0.568. The molecule has 1 aliphatic carbocycles. The molecule has 0 spiro atoms. The van der Waals surface area contributed by atoms with E-state index in [0.29, 0.717) is 6.04 Å². The molecule has 2 fully saturated rings. The smallest absolute Gasteiger partial charge is 0.309 e. The molecule has 0 radical (unpaired) electrons. The minimum absolute atomic E-state index is 0.415. The fraction of sp³-hybridized carbons (Fsp3) is 0.929. The Labute approximate surface area is 112 Å². The summed E-state index contributed by atoms with van der Waals surface area (Å²) in [6.07, 6.45) is 6.09. The molecule has 3 nitrogen and oxygen atoms in total. The van der Waals surface area contributed by atoms with Crippen LogP contribution in [-0.4, -0.2) is 36.5 Å². The molecule has 1 saturated heterocycles. The second-order valence-corrected chi connectivity index (χ2v) is 11.5. The van der Waals surface area contributed by atoms with E-state index in [-0.39, 0.29) is 0 Å². The zero-order valence-electron chi connectivity index (χ0n) is 12.0. The Bertz CT molecular complexity index is 322. The van der Waals surface area contributed by atoms with E-state index >= 15 is 0 Å². The normalized spacial score (nSPS) is 36.7. The highest BCUT2D eigenvalue weighted by atomic mass is 28.3. The van der Waals surface area contributed by atoms with Gasteiger partial charge in [0.25, 0.3) is 0 Å². The molecule has 2 rings (SSSR count). The van der Waals surface area contributed by atoms with E-state index in [1.54, 1.807) is 0 Å². The average Bonchev–Trinajstić information content (AvgIpc) is 2.69. The Hall–Kier alpha value is -0.353. The van der Waals surface area contributed by atoms with Crippen LogP contribution in [0.1, 0.15) is 45.4 Å². The number of carboxylic acids is 1. The SMILES string of the molecule is CCC1(C(=O)O)CCC(N2CCC[Si]2(C)C)CC1. The molecular weight excluding hydrogens is 242 g/mol. The number of hydrogen-bond donors (Lipinski definition) is 1. The standard InChI is InChI=1S/C14H27NO2Si/c1-4-14(13(16)17)8-6-12(7-9-14)15-10-5-11-18(15,2)3/h12H,4-11H2,1-3H3,(H,16,17). The van der Waals surface area contributed by atoms with E-state index < -0.39 is 19.6 Å². The van der Waals surface area contributed by atoms with E-state index in [9.17, 15) is 9.90 Å². The molecule has 1 saturated carbocycles. The highest BCUT2D eigenvalue weighted by Gasteiger charge is 2.45. The van der Waals surface area contributed by atoms with Crippen molar-refractivity contribution < 1.29 is 9.90 Å². The van der Waals surface area contributed by atoms with Gasteiger partial charge in [-0.25, -0.2) is 0 Å². The summed E-state index contributed by atoms with van der Waals surface area (Å²) in [5, 5.41) is 9.44. The van der Waals surface area contributed by atoms with Crippen LogP contribution in [0, 0.1) is 5.41 Å². The van der Waals surface area contributed by atoms with Crippen LogP contribution in [0.5, 0.6) is 0 Å². The van der Waals surface area contributed by atoms with Crippen molar-refractivity contribution in [2.24, 2.45) is 5.41 Å². The average molecular weight is 269 g/mol. The first-order chi connectivity index (χ1) is 8.41. The van der Waals surface area contributed by atoms with Gasteiger partial charge >= 0.3 is 5.97 Å². The van der Waals surface area contributed by atoms with Crippen molar-refractivity contribution in [3.63, 3.8) is 0 Å². The van der Waals surface area contributed by atoms with E-state index in [4.69, 9.17) is 0 Å². The van der Waals surface area contributed by atoms with Crippen LogP contribution in [0.3, 0.4) is 0 Å². The molecule has 0 aromatic heterocycles. The maximum Gasteiger partial charge on any atom is 0.309 e. The predicted molar refractivity (Wildman–Crippen MR) is 76.2 cm³/mol. The molecule has 0 amide bonds. The number of nitrogens with zero attached hydrogens (tertiary/aromatic N) is 1. The summed E-state index contributed by atoms with van der Waals surface area (Å²) < 4.78 is 2.77. The quantitative estimate of drug-likeness (QED) is 0.799. The van der Waals surface area contributed by atoms with Crippen LogP contribution in [0.15, 0.2) is 0 Å². The van der Waals surface area contributed by atoms with Crippen LogP contribution in [0.4, 0.5) is 0 Å². The summed E-state index contributed by atoms with van der Waals surface area (Å²) >= 11 is 0. The molecule has 1 aliphatic heterocycles. The first-order valence-electron chi connectivity index (χ1n) is 7.41. The number of carboxylic acid groups (broad SMARTS) is 1. The molecule has 0 aromatic rings. The van der Waals surface area contributed by atoms with Crippen molar-refractivity contribution in [2.45, 2.75) is 70.6 Å². The maximum absolute atomic E-state index is 11.5. The van der Waals surface area contributed by atoms with Crippen molar-refractivity contribution in [3.8, 4) is 0 Å². The Morgan fingerprint density at radius 1 is 1.39 bits per heavy atom. The number of rotatable bonds is 3. The topological polar surface area (TPSA) is 40.5 Å².